The van der Waals surface area contributed by atoms with Crippen LogP contribution in [0.4, 0.5) is 13.2 Å². The molecule has 148 valence electrons. The van der Waals surface area contributed by atoms with Crippen LogP contribution < -0.4 is 4.72 Å². The highest BCUT2D eigenvalue weighted by Crippen LogP contribution is 2.30. The monoisotopic (exact) mass is 412 g/mol. The molecule has 2 aromatic rings. The summed E-state index contributed by atoms with van der Waals surface area (Å²) in [5, 5.41) is 8.70. The Balaban J connectivity index is 1.86. The summed E-state index contributed by atoms with van der Waals surface area (Å²) in [6.07, 6.45) is -4.96. The highest BCUT2D eigenvalue weighted by atomic mass is 32.2. The first-order valence-electron chi connectivity index (χ1n) is 7.93. The molecule has 0 saturated carbocycles. The van der Waals surface area contributed by atoms with E-state index in [9.17, 15) is 26.4 Å². The van der Waals surface area contributed by atoms with E-state index in [-0.39, 0.29) is 19.6 Å². The van der Waals surface area contributed by atoms with Crippen LogP contribution >= 0.6 is 0 Å². The fourth-order valence-corrected chi connectivity index (χ4v) is 3.20. The van der Waals surface area contributed by atoms with Crippen molar-refractivity contribution in [3.63, 3.8) is 0 Å². The van der Waals surface area contributed by atoms with Crippen LogP contribution in [0, 0.1) is 11.3 Å². The second kappa shape index (κ2) is 8.86. The van der Waals surface area contributed by atoms with Crippen molar-refractivity contribution in [1.82, 2.24) is 4.72 Å². The summed E-state index contributed by atoms with van der Waals surface area (Å²) in [5.74, 6) is -0.684. The summed E-state index contributed by atoms with van der Waals surface area (Å²) in [5.41, 5.74) is 0.0215. The van der Waals surface area contributed by atoms with Gasteiger partial charge in [0, 0.05) is 6.54 Å². The lowest BCUT2D eigenvalue weighted by Gasteiger charge is -2.10. The van der Waals surface area contributed by atoms with Gasteiger partial charge in [-0.15, -0.1) is 0 Å². The molecule has 10 heteroatoms. The average molecular weight is 412 g/mol. The van der Waals surface area contributed by atoms with Crippen LogP contribution in [0.25, 0.3) is 0 Å². The Bertz CT molecular complexity index is 981. The molecule has 0 bridgehead atoms. The van der Waals surface area contributed by atoms with Gasteiger partial charge in [-0.25, -0.2) is 13.1 Å². The maximum absolute atomic E-state index is 12.7. The molecule has 0 radical (unpaired) electrons. The number of nitriles is 1. The molecule has 0 amide bonds. The zero-order chi connectivity index (χ0) is 20.8. The Labute approximate surface area is 159 Å². The highest BCUT2D eigenvalue weighted by Gasteiger charge is 2.31. The van der Waals surface area contributed by atoms with Crippen molar-refractivity contribution in [3.8, 4) is 6.07 Å². The lowest BCUT2D eigenvalue weighted by molar-refractivity contribution is -0.144. The molecule has 0 aliphatic heterocycles. The van der Waals surface area contributed by atoms with Gasteiger partial charge in [0.2, 0.25) is 10.0 Å². The van der Waals surface area contributed by atoms with E-state index in [1.807, 2.05) is 6.07 Å². The minimum absolute atomic E-state index is 0.0507. The number of hydrogen-bond acceptors (Lipinski definition) is 5. The standard InChI is InChI=1S/C18H15F3N2O4S/c19-18(20,21)15-2-1-3-16(10-15)28(25,26)23-9-8-17(24)27-12-14-6-4-13(11-22)5-7-14/h1-7,10,23H,8-9,12H2. The number of benzene rings is 2. The first-order chi connectivity index (χ1) is 13.1. The van der Waals surface area contributed by atoms with E-state index in [1.54, 1.807) is 24.3 Å². The number of rotatable bonds is 7. The molecule has 0 saturated heterocycles. The topological polar surface area (TPSA) is 96.3 Å². The molecule has 0 aliphatic rings. The lowest BCUT2D eigenvalue weighted by Crippen LogP contribution is -2.27. The van der Waals surface area contributed by atoms with Crippen molar-refractivity contribution in [2.45, 2.75) is 24.1 Å². The smallest absolute Gasteiger partial charge is 0.416 e. The van der Waals surface area contributed by atoms with Crippen molar-refractivity contribution in [1.29, 1.82) is 5.26 Å². The molecule has 0 fully saturated rings. The number of halogens is 3. The Morgan fingerprint density at radius 1 is 1.14 bits per heavy atom. The maximum atomic E-state index is 12.7. The fourth-order valence-electron chi connectivity index (χ4n) is 2.12. The van der Waals surface area contributed by atoms with E-state index >= 15 is 0 Å². The quantitative estimate of drug-likeness (QED) is 0.706. The van der Waals surface area contributed by atoms with Gasteiger partial charge in [-0.2, -0.15) is 18.4 Å². The molecule has 0 atom stereocenters. The van der Waals surface area contributed by atoms with Gasteiger partial charge in [-0.3, -0.25) is 4.79 Å². The van der Waals surface area contributed by atoms with Gasteiger partial charge in [-0.05, 0) is 35.9 Å². The van der Waals surface area contributed by atoms with Crippen molar-refractivity contribution in [3.05, 3.63) is 65.2 Å². The number of ether oxygens (including phenoxy) is 1. The number of carbonyl (C=O) groups excluding carboxylic acids is 1. The zero-order valence-electron chi connectivity index (χ0n) is 14.4. The predicted octanol–water partition coefficient (Wildman–Crippen LogP) is 2.99. The zero-order valence-corrected chi connectivity index (χ0v) is 15.2. The van der Waals surface area contributed by atoms with Crippen LogP contribution in [-0.2, 0) is 32.3 Å². The molecule has 1 N–H and O–H groups in total. The van der Waals surface area contributed by atoms with Gasteiger partial charge in [0.05, 0.1) is 28.5 Å². The molecule has 28 heavy (non-hydrogen) atoms. The molecule has 0 aliphatic carbocycles. The van der Waals surface area contributed by atoms with E-state index < -0.39 is 32.6 Å². The first-order valence-corrected chi connectivity index (χ1v) is 9.42. The number of nitrogens with one attached hydrogen (secondary N) is 1. The van der Waals surface area contributed by atoms with Gasteiger partial charge in [0.1, 0.15) is 6.61 Å². The number of esters is 1. The molecule has 2 rings (SSSR count). The Morgan fingerprint density at radius 3 is 2.43 bits per heavy atom. The van der Waals surface area contributed by atoms with Crippen molar-refractivity contribution >= 4 is 16.0 Å². The number of nitrogens with zero attached hydrogens (tertiary/aromatic N) is 1. The van der Waals surface area contributed by atoms with Crippen LogP contribution in [0.1, 0.15) is 23.1 Å². The van der Waals surface area contributed by atoms with Crippen LogP contribution in [0.15, 0.2) is 53.4 Å². The largest absolute Gasteiger partial charge is 0.461 e. The third kappa shape index (κ3) is 6.07. The fraction of sp³-hybridized carbons (Fsp3) is 0.222. The van der Waals surface area contributed by atoms with Crippen molar-refractivity contribution in [2.75, 3.05) is 6.54 Å². The van der Waals surface area contributed by atoms with Gasteiger partial charge >= 0.3 is 12.1 Å². The minimum atomic E-state index is -4.67. The van der Waals surface area contributed by atoms with Crippen LogP contribution in [0.2, 0.25) is 0 Å². The molecule has 2 aromatic carbocycles. The summed E-state index contributed by atoms with van der Waals surface area (Å²) >= 11 is 0. The SMILES string of the molecule is N#Cc1ccc(COC(=O)CCNS(=O)(=O)c2cccc(C(F)(F)F)c2)cc1. The van der Waals surface area contributed by atoms with Crippen molar-refractivity contribution in [2.24, 2.45) is 0 Å². The molecular formula is C18H15F3N2O4S. The summed E-state index contributed by atoms with van der Waals surface area (Å²) < 4.78 is 69.3. The summed E-state index contributed by atoms with van der Waals surface area (Å²) in [6.45, 7) is -0.379. The summed E-state index contributed by atoms with van der Waals surface area (Å²) in [6, 6.07) is 11.6. The van der Waals surface area contributed by atoms with Gasteiger partial charge < -0.3 is 4.74 Å². The molecule has 0 aromatic heterocycles. The first kappa shape index (κ1) is 21.4. The Morgan fingerprint density at radius 2 is 1.82 bits per heavy atom. The predicted molar refractivity (Wildman–Crippen MR) is 92.2 cm³/mol. The second-order valence-electron chi connectivity index (χ2n) is 5.64. The van der Waals surface area contributed by atoms with E-state index in [0.717, 1.165) is 18.2 Å². The van der Waals surface area contributed by atoms with Crippen LogP contribution in [-0.4, -0.2) is 20.9 Å². The highest BCUT2D eigenvalue weighted by molar-refractivity contribution is 7.89. The van der Waals surface area contributed by atoms with Crippen molar-refractivity contribution < 1.29 is 31.1 Å². The lowest BCUT2D eigenvalue weighted by atomic mass is 10.2. The third-order valence-electron chi connectivity index (χ3n) is 3.58. The van der Waals surface area contributed by atoms with Crippen LogP contribution in [0.3, 0.4) is 0 Å². The van der Waals surface area contributed by atoms with E-state index in [0.29, 0.717) is 17.2 Å². The number of carbonyl (C=O) groups is 1. The van der Waals surface area contributed by atoms with Gasteiger partial charge in [-0.1, -0.05) is 18.2 Å². The molecular weight excluding hydrogens is 397 g/mol. The number of alkyl halides is 3. The Kier molecular flexibility index (Phi) is 6.77. The molecule has 6 nitrogen and oxygen atoms in total. The normalized spacial score (nSPS) is 11.6. The minimum Gasteiger partial charge on any atom is -0.461 e. The number of sulfonamides is 1. The Hall–Kier alpha value is -2.90. The van der Waals surface area contributed by atoms with E-state index in [2.05, 4.69) is 4.72 Å². The summed E-state index contributed by atoms with van der Waals surface area (Å²) in [7, 11) is -4.20. The number of hydrogen-bond donors (Lipinski definition) is 1. The van der Waals surface area contributed by atoms with Crippen LogP contribution in [0.5, 0.6) is 0 Å². The summed E-state index contributed by atoms with van der Waals surface area (Å²) in [4.78, 5) is 11.1. The van der Waals surface area contributed by atoms with Gasteiger partial charge in [0.25, 0.3) is 0 Å². The molecule has 0 spiro atoms. The third-order valence-corrected chi connectivity index (χ3v) is 5.03. The average Bonchev–Trinajstić information content (AvgIpc) is 2.66. The van der Waals surface area contributed by atoms with Gasteiger partial charge in [0.15, 0.2) is 0 Å². The maximum Gasteiger partial charge on any atom is 0.416 e. The second-order valence-corrected chi connectivity index (χ2v) is 7.41. The van der Waals surface area contributed by atoms with E-state index in [4.69, 9.17) is 10.00 Å². The molecule has 0 unspecified atom stereocenters. The van der Waals surface area contributed by atoms with E-state index in [1.165, 1.54) is 0 Å². The molecule has 0 heterocycles.